The fourth-order valence-corrected chi connectivity index (χ4v) is 5.11. The summed E-state index contributed by atoms with van der Waals surface area (Å²) in [6.07, 6.45) is 7.65. The van der Waals surface area contributed by atoms with Gasteiger partial charge >= 0.3 is 0 Å². The summed E-state index contributed by atoms with van der Waals surface area (Å²) in [5.41, 5.74) is 10.6. The van der Waals surface area contributed by atoms with Crippen molar-refractivity contribution in [3.63, 3.8) is 0 Å². The molecule has 2 heterocycles. The lowest BCUT2D eigenvalue weighted by atomic mass is 9.98. The molecule has 0 spiro atoms. The average Bonchev–Trinajstić information content (AvgIpc) is 3.41. The smallest absolute Gasteiger partial charge is 0.0965 e. The molecule has 0 fully saturated rings. The van der Waals surface area contributed by atoms with E-state index in [-0.39, 0.29) is 6.61 Å². The molecule has 2 aromatic heterocycles. The molecule has 33 heavy (non-hydrogen) atoms. The van der Waals surface area contributed by atoms with Crippen molar-refractivity contribution >= 4 is 16.6 Å². The lowest BCUT2D eigenvalue weighted by Gasteiger charge is -2.13. The second kappa shape index (κ2) is 9.38. The summed E-state index contributed by atoms with van der Waals surface area (Å²) < 4.78 is 0. The van der Waals surface area contributed by atoms with Gasteiger partial charge in [-0.05, 0) is 84.5 Å². The molecule has 5 nitrogen and oxygen atoms in total. The zero-order valence-electron chi connectivity index (χ0n) is 19.1. The molecule has 0 saturated heterocycles. The standard InChI is InChI=1S/C28H31N3O2/c1-18-15-19(16-21-9-13-30-28-24(21)6-8-26(28)33)5-7-25(18)29-12-10-22-17-31-27-20(11-14-32)3-2-4-23(22)27/h2-5,7,9,13,15,17,26,29,31-33H,6,8,10-12,14,16H2,1H3. The monoisotopic (exact) mass is 441 g/mol. The van der Waals surface area contributed by atoms with E-state index in [9.17, 15) is 10.2 Å². The Balaban J connectivity index is 1.24. The van der Waals surface area contributed by atoms with E-state index in [0.717, 1.165) is 54.7 Å². The quantitative estimate of drug-likeness (QED) is 0.321. The van der Waals surface area contributed by atoms with Gasteiger partial charge in [-0.1, -0.05) is 30.3 Å². The van der Waals surface area contributed by atoms with E-state index in [1.54, 1.807) is 0 Å². The number of aliphatic hydroxyl groups is 2. The van der Waals surface area contributed by atoms with Crippen LogP contribution < -0.4 is 5.32 Å². The normalized spacial score (nSPS) is 15.2. The Labute approximate surface area is 194 Å². The molecule has 1 aliphatic rings. The zero-order valence-corrected chi connectivity index (χ0v) is 19.1. The number of hydrogen-bond acceptors (Lipinski definition) is 4. The number of anilines is 1. The van der Waals surface area contributed by atoms with Crippen LogP contribution in [0.2, 0.25) is 0 Å². The van der Waals surface area contributed by atoms with Gasteiger partial charge in [-0.25, -0.2) is 0 Å². The fraction of sp³-hybridized carbons (Fsp3) is 0.321. The van der Waals surface area contributed by atoms with Gasteiger partial charge in [-0.15, -0.1) is 0 Å². The van der Waals surface area contributed by atoms with Crippen LogP contribution in [0.1, 0.15) is 51.6 Å². The van der Waals surface area contributed by atoms with Gasteiger partial charge in [-0.3, -0.25) is 4.98 Å². The Bertz CT molecular complexity index is 1280. The summed E-state index contributed by atoms with van der Waals surface area (Å²) in [5.74, 6) is 0. The first-order chi connectivity index (χ1) is 16.1. The van der Waals surface area contributed by atoms with Crippen molar-refractivity contribution in [2.75, 3.05) is 18.5 Å². The molecule has 5 rings (SSSR count). The first-order valence-corrected chi connectivity index (χ1v) is 11.8. The summed E-state index contributed by atoms with van der Waals surface area (Å²) in [6.45, 7) is 3.17. The molecular weight excluding hydrogens is 410 g/mol. The lowest BCUT2D eigenvalue weighted by molar-refractivity contribution is 0.176. The van der Waals surface area contributed by atoms with Crippen LogP contribution in [0.15, 0.2) is 54.9 Å². The van der Waals surface area contributed by atoms with Crippen LogP contribution in [-0.2, 0) is 25.7 Å². The average molecular weight is 442 g/mol. The molecule has 0 saturated carbocycles. The SMILES string of the molecule is Cc1cc(Cc2ccnc3c2CCC3O)ccc1NCCc1c[nH]c2c(CCO)cccc12. The van der Waals surface area contributed by atoms with Crippen molar-refractivity contribution in [1.29, 1.82) is 0 Å². The molecular formula is C28H31N3O2. The lowest BCUT2D eigenvalue weighted by Crippen LogP contribution is -2.06. The molecule has 1 atom stereocenters. The number of H-pyrrole nitrogens is 1. The van der Waals surface area contributed by atoms with E-state index >= 15 is 0 Å². The second-order valence-corrected chi connectivity index (χ2v) is 9.02. The van der Waals surface area contributed by atoms with Crippen molar-refractivity contribution in [3.05, 3.63) is 93.9 Å². The summed E-state index contributed by atoms with van der Waals surface area (Å²) in [7, 11) is 0. The van der Waals surface area contributed by atoms with Gasteiger partial charge in [0.25, 0.3) is 0 Å². The molecule has 4 aromatic rings. The van der Waals surface area contributed by atoms with Crippen LogP contribution in [0.5, 0.6) is 0 Å². The number of aromatic nitrogens is 2. The van der Waals surface area contributed by atoms with E-state index in [1.165, 1.54) is 33.2 Å². The third-order valence-corrected chi connectivity index (χ3v) is 6.83. The van der Waals surface area contributed by atoms with Crippen LogP contribution in [0.4, 0.5) is 5.69 Å². The van der Waals surface area contributed by atoms with Crippen molar-refractivity contribution in [3.8, 4) is 0 Å². The predicted octanol–water partition coefficient (Wildman–Crippen LogP) is 4.63. The summed E-state index contributed by atoms with van der Waals surface area (Å²) >= 11 is 0. The Morgan fingerprint density at radius 1 is 1.09 bits per heavy atom. The minimum Gasteiger partial charge on any atom is -0.396 e. The first-order valence-electron chi connectivity index (χ1n) is 11.8. The third-order valence-electron chi connectivity index (χ3n) is 6.83. The molecule has 0 aliphatic heterocycles. The van der Waals surface area contributed by atoms with Crippen molar-refractivity contribution in [1.82, 2.24) is 9.97 Å². The van der Waals surface area contributed by atoms with Gasteiger partial charge in [0, 0.05) is 42.1 Å². The maximum atomic E-state index is 10.1. The molecule has 0 bridgehead atoms. The van der Waals surface area contributed by atoms with Crippen LogP contribution in [0.3, 0.4) is 0 Å². The number of fused-ring (bicyclic) bond motifs is 2. The number of nitrogens with one attached hydrogen (secondary N) is 2. The van der Waals surface area contributed by atoms with Gasteiger partial charge < -0.3 is 20.5 Å². The topological polar surface area (TPSA) is 81.2 Å². The maximum absolute atomic E-state index is 10.1. The molecule has 0 radical (unpaired) electrons. The van der Waals surface area contributed by atoms with Gasteiger partial charge in [0.15, 0.2) is 0 Å². The van der Waals surface area contributed by atoms with Crippen molar-refractivity contribution in [2.45, 2.75) is 45.1 Å². The molecule has 0 amide bonds. The molecule has 5 heteroatoms. The number of hydrogen-bond donors (Lipinski definition) is 4. The van der Waals surface area contributed by atoms with Crippen molar-refractivity contribution in [2.24, 2.45) is 0 Å². The Morgan fingerprint density at radius 3 is 2.85 bits per heavy atom. The maximum Gasteiger partial charge on any atom is 0.0965 e. The van der Waals surface area contributed by atoms with E-state index in [1.807, 2.05) is 6.20 Å². The number of nitrogens with zero attached hydrogens (tertiary/aromatic N) is 1. The minimum atomic E-state index is -0.410. The Hall–Kier alpha value is -3.15. The molecule has 1 unspecified atom stereocenters. The number of rotatable bonds is 8. The highest BCUT2D eigenvalue weighted by atomic mass is 16.3. The van der Waals surface area contributed by atoms with Gasteiger partial charge in [0.1, 0.15) is 0 Å². The molecule has 1 aliphatic carbocycles. The fourth-order valence-electron chi connectivity index (χ4n) is 5.11. The molecule has 4 N–H and O–H groups in total. The van der Waals surface area contributed by atoms with Crippen LogP contribution in [0, 0.1) is 6.92 Å². The van der Waals surface area contributed by atoms with E-state index in [4.69, 9.17) is 0 Å². The highest BCUT2D eigenvalue weighted by Crippen LogP contribution is 2.32. The number of aromatic amines is 1. The number of aryl methyl sites for hydroxylation is 1. The summed E-state index contributed by atoms with van der Waals surface area (Å²) in [4.78, 5) is 7.78. The zero-order chi connectivity index (χ0) is 22.8. The highest BCUT2D eigenvalue weighted by Gasteiger charge is 2.24. The number of benzene rings is 2. The largest absolute Gasteiger partial charge is 0.396 e. The highest BCUT2D eigenvalue weighted by molar-refractivity contribution is 5.86. The van der Waals surface area contributed by atoms with Crippen molar-refractivity contribution < 1.29 is 10.2 Å². The van der Waals surface area contributed by atoms with Gasteiger partial charge in [0.2, 0.25) is 0 Å². The van der Waals surface area contributed by atoms with E-state index in [2.05, 4.69) is 70.9 Å². The van der Waals surface area contributed by atoms with E-state index in [0.29, 0.717) is 6.42 Å². The number of pyridine rings is 1. The van der Waals surface area contributed by atoms with Crippen LogP contribution >= 0.6 is 0 Å². The molecule has 2 aromatic carbocycles. The second-order valence-electron chi connectivity index (χ2n) is 9.02. The van der Waals surface area contributed by atoms with Crippen LogP contribution in [0.25, 0.3) is 10.9 Å². The number of aliphatic hydroxyl groups excluding tert-OH is 2. The van der Waals surface area contributed by atoms with Crippen LogP contribution in [-0.4, -0.2) is 33.3 Å². The number of para-hydroxylation sites is 1. The van der Waals surface area contributed by atoms with Gasteiger partial charge in [-0.2, -0.15) is 0 Å². The predicted molar refractivity (Wildman–Crippen MR) is 133 cm³/mol. The summed E-state index contributed by atoms with van der Waals surface area (Å²) in [5, 5.41) is 24.3. The van der Waals surface area contributed by atoms with E-state index < -0.39 is 6.10 Å². The Morgan fingerprint density at radius 2 is 2.00 bits per heavy atom. The third kappa shape index (κ3) is 4.39. The van der Waals surface area contributed by atoms with Gasteiger partial charge in [0.05, 0.1) is 11.8 Å². The summed E-state index contributed by atoms with van der Waals surface area (Å²) in [6, 6.07) is 15.0. The Kier molecular flexibility index (Phi) is 6.16. The first kappa shape index (κ1) is 21.7. The molecule has 170 valence electrons. The minimum absolute atomic E-state index is 0.163.